The number of rotatable bonds is 7. The molecule has 0 unspecified atom stereocenters. The van der Waals surface area contributed by atoms with Crippen molar-refractivity contribution >= 4 is 10.0 Å². The van der Waals surface area contributed by atoms with Crippen molar-refractivity contribution < 1.29 is 31.1 Å². The average molecular weight is 329 g/mol. The predicted molar refractivity (Wildman–Crippen MR) is 67.9 cm³/mol. The van der Waals surface area contributed by atoms with Gasteiger partial charge in [-0.1, -0.05) is 19.1 Å². The largest absolute Gasteiger partial charge is 0.392 e. The van der Waals surface area contributed by atoms with Crippen molar-refractivity contribution in [2.75, 3.05) is 6.54 Å². The zero-order chi connectivity index (χ0) is 16.3. The standard InChI is InChI=1S/C12H15F4NO3S/c1-2-9-4-3-8(6-18)5-10(9)21(19,20)17-7-12(15,16)11(13)14/h3-5,11,17-18H,2,6-7H2,1H3. The fraction of sp³-hybridized carbons (Fsp3) is 0.500. The molecule has 0 heterocycles. The molecule has 21 heavy (non-hydrogen) atoms. The number of alkyl halides is 4. The van der Waals surface area contributed by atoms with Crippen LogP contribution in [0.25, 0.3) is 0 Å². The van der Waals surface area contributed by atoms with E-state index in [1.54, 1.807) is 6.92 Å². The summed E-state index contributed by atoms with van der Waals surface area (Å²) in [6.45, 7) is -0.472. The number of benzene rings is 1. The van der Waals surface area contributed by atoms with E-state index in [0.717, 1.165) is 6.07 Å². The minimum atomic E-state index is -4.45. The van der Waals surface area contributed by atoms with E-state index in [9.17, 15) is 26.0 Å². The van der Waals surface area contributed by atoms with Crippen molar-refractivity contribution in [3.63, 3.8) is 0 Å². The Labute approximate surface area is 119 Å². The van der Waals surface area contributed by atoms with Crippen molar-refractivity contribution in [1.82, 2.24) is 4.72 Å². The summed E-state index contributed by atoms with van der Waals surface area (Å²) in [5.41, 5.74) is 0.605. The highest BCUT2D eigenvalue weighted by atomic mass is 32.2. The monoisotopic (exact) mass is 329 g/mol. The van der Waals surface area contributed by atoms with Crippen LogP contribution in [-0.4, -0.2) is 32.4 Å². The first-order valence-corrected chi connectivity index (χ1v) is 7.50. The zero-order valence-corrected chi connectivity index (χ0v) is 11.9. The lowest BCUT2D eigenvalue weighted by Crippen LogP contribution is -2.41. The molecule has 0 amide bonds. The van der Waals surface area contributed by atoms with Crippen LogP contribution in [0.3, 0.4) is 0 Å². The highest BCUT2D eigenvalue weighted by Gasteiger charge is 2.41. The van der Waals surface area contributed by atoms with Gasteiger partial charge in [-0.15, -0.1) is 0 Å². The summed E-state index contributed by atoms with van der Waals surface area (Å²) in [5.74, 6) is -4.45. The predicted octanol–water partition coefficient (Wildman–Crippen LogP) is 1.92. The molecule has 0 aromatic heterocycles. The number of hydrogen-bond donors (Lipinski definition) is 2. The van der Waals surface area contributed by atoms with Gasteiger partial charge in [0.15, 0.2) is 0 Å². The molecular weight excluding hydrogens is 314 g/mol. The topological polar surface area (TPSA) is 66.4 Å². The minimum Gasteiger partial charge on any atom is -0.392 e. The van der Waals surface area contributed by atoms with Gasteiger partial charge in [0, 0.05) is 0 Å². The number of aliphatic hydroxyl groups excluding tert-OH is 1. The van der Waals surface area contributed by atoms with Gasteiger partial charge in [-0.25, -0.2) is 21.9 Å². The van der Waals surface area contributed by atoms with E-state index < -0.39 is 35.5 Å². The van der Waals surface area contributed by atoms with E-state index in [4.69, 9.17) is 5.11 Å². The Bertz CT molecular complexity index is 590. The van der Waals surface area contributed by atoms with Crippen LogP contribution in [-0.2, 0) is 23.1 Å². The lowest BCUT2D eigenvalue weighted by molar-refractivity contribution is -0.122. The summed E-state index contributed by atoms with van der Waals surface area (Å²) in [4.78, 5) is -0.304. The van der Waals surface area contributed by atoms with Gasteiger partial charge in [-0.3, -0.25) is 0 Å². The molecule has 1 aromatic rings. The summed E-state index contributed by atoms with van der Waals surface area (Å²) < 4.78 is 75.1. The van der Waals surface area contributed by atoms with Crippen molar-refractivity contribution in [3.05, 3.63) is 29.3 Å². The van der Waals surface area contributed by atoms with Gasteiger partial charge in [-0.2, -0.15) is 8.78 Å². The zero-order valence-electron chi connectivity index (χ0n) is 11.1. The number of sulfonamides is 1. The van der Waals surface area contributed by atoms with E-state index in [-0.39, 0.29) is 10.5 Å². The molecule has 0 atom stereocenters. The van der Waals surface area contributed by atoms with E-state index >= 15 is 0 Å². The maximum Gasteiger partial charge on any atom is 0.320 e. The highest BCUT2D eigenvalue weighted by molar-refractivity contribution is 7.89. The smallest absolute Gasteiger partial charge is 0.320 e. The number of aliphatic hydroxyl groups is 1. The molecular formula is C12H15F4NO3S. The first-order chi connectivity index (χ1) is 9.64. The maximum absolute atomic E-state index is 12.8. The second-order valence-corrected chi connectivity index (χ2v) is 6.08. The Morgan fingerprint density at radius 2 is 1.95 bits per heavy atom. The lowest BCUT2D eigenvalue weighted by Gasteiger charge is -2.17. The third kappa shape index (κ3) is 4.39. The summed E-state index contributed by atoms with van der Waals surface area (Å²) in [6, 6.07) is 4.05. The van der Waals surface area contributed by atoms with Crippen molar-refractivity contribution in [2.24, 2.45) is 0 Å². The van der Waals surface area contributed by atoms with E-state index in [1.807, 2.05) is 0 Å². The van der Waals surface area contributed by atoms with Crippen LogP contribution < -0.4 is 4.72 Å². The summed E-state index contributed by atoms with van der Waals surface area (Å²) in [6.07, 6.45) is -3.66. The van der Waals surface area contributed by atoms with E-state index in [1.165, 1.54) is 16.9 Å². The highest BCUT2D eigenvalue weighted by Crippen LogP contribution is 2.24. The van der Waals surface area contributed by atoms with Gasteiger partial charge in [0.2, 0.25) is 10.0 Å². The van der Waals surface area contributed by atoms with Crippen molar-refractivity contribution in [3.8, 4) is 0 Å². The lowest BCUT2D eigenvalue weighted by atomic mass is 10.1. The molecule has 0 aliphatic rings. The molecule has 0 saturated carbocycles. The van der Waals surface area contributed by atoms with Gasteiger partial charge in [-0.05, 0) is 23.6 Å². The Hall–Kier alpha value is -1.19. The SMILES string of the molecule is CCc1ccc(CO)cc1S(=O)(=O)NCC(F)(F)C(F)F. The third-order valence-corrected chi connectivity index (χ3v) is 4.29. The number of hydrogen-bond acceptors (Lipinski definition) is 3. The van der Waals surface area contributed by atoms with Gasteiger partial charge < -0.3 is 5.11 Å². The minimum absolute atomic E-state index is 0.271. The second kappa shape index (κ2) is 6.71. The summed E-state index contributed by atoms with van der Waals surface area (Å²) in [5, 5.41) is 8.99. The Kier molecular flexibility index (Phi) is 5.71. The van der Waals surface area contributed by atoms with Crippen molar-refractivity contribution in [1.29, 1.82) is 0 Å². The molecule has 9 heteroatoms. The first kappa shape index (κ1) is 17.9. The maximum atomic E-state index is 12.8. The quantitative estimate of drug-likeness (QED) is 0.751. The average Bonchev–Trinajstić information content (AvgIpc) is 2.44. The normalized spacial score (nSPS) is 12.9. The second-order valence-electron chi connectivity index (χ2n) is 4.34. The van der Waals surface area contributed by atoms with Crippen LogP contribution in [0, 0.1) is 0 Å². The number of aryl methyl sites for hydroxylation is 1. The molecule has 4 nitrogen and oxygen atoms in total. The molecule has 0 aliphatic heterocycles. The molecule has 120 valence electrons. The van der Waals surface area contributed by atoms with Gasteiger partial charge in [0.1, 0.15) is 0 Å². The van der Waals surface area contributed by atoms with Crippen LogP contribution in [0.4, 0.5) is 17.6 Å². The van der Waals surface area contributed by atoms with Crippen LogP contribution in [0.15, 0.2) is 23.1 Å². The molecule has 1 rings (SSSR count). The Morgan fingerprint density at radius 1 is 1.33 bits per heavy atom. The number of halogens is 4. The van der Waals surface area contributed by atoms with Crippen molar-refractivity contribution in [2.45, 2.75) is 37.2 Å². The summed E-state index contributed by atoms with van der Waals surface area (Å²) in [7, 11) is -4.38. The third-order valence-electron chi connectivity index (χ3n) is 2.80. The van der Waals surface area contributed by atoms with E-state index in [2.05, 4.69) is 0 Å². The van der Waals surface area contributed by atoms with Crippen LogP contribution in [0.1, 0.15) is 18.1 Å². The fourth-order valence-corrected chi connectivity index (χ4v) is 2.99. The van der Waals surface area contributed by atoms with E-state index in [0.29, 0.717) is 12.0 Å². The molecule has 0 saturated heterocycles. The van der Waals surface area contributed by atoms with Gasteiger partial charge >= 0.3 is 12.3 Å². The van der Waals surface area contributed by atoms with Gasteiger partial charge in [0.05, 0.1) is 18.0 Å². The molecule has 2 N–H and O–H groups in total. The molecule has 0 bridgehead atoms. The molecule has 1 aromatic carbocycles. The number of nitrogens with one attached hydrogen (secondary N) is 1. The summed E-state index contributed by atoms with van der Waals surface area (Å²) >= 11 is 0. The van der Waals surface area contributed by atoms with Crippen LogP contribution in [0.5, 0.6) is 0 Å². The molecule has 0 radical (unpaired) electrons. The van der Waals surface area contributed by atoms with Crippen LogP contribution >= 0.6 is 0 Å². The molecule has 0 fully saturated rings. The molecule has 0 aliphatic carbocycles. The Balaban J connectivity index is 3.08. The van der Waals surface area contributed by atoms with Crippen LogP contribution in [0.2, 0.25) is 0 Å². The van der Waals surface area contributed by atoms with Gasteiger partial charge in [0.25, 0.3) is 0 Å². The first-order valence-electron chi connectivity index (χ1n) is 6.02. The Morgan fingerprint density at radius 3 is 2.43 bits per heavy atom. The molecule has 0 spiro atoms. The fourth-order valence-electron chi connectivity index (χ4n) is 1.59.